The molecule has 0 spiro atoms. The first-order valence-electron chi connectivity index (χ1n) is 9.92. The molecule has 0 radical (unpaired) electrons. The lowest BCUT2D eigenvalue weighted by molar-refractivity contribution is 0.102. The molecule has 0 bridgehead atoms. The Kier molecular flexibility index (Phi) is 6.07. The highest BCUT2D eigenvalue weighted by Gasteiger charge is 2.18. The van der Waals surface area contributed by atoms with Crippen molar-refractivity contribution in [3.8, 4) is 23.3 Å². The van der Waals surface area contributed by atoms with Crippen LogP contribution in [-0.4, -0.2) is 15.9 Å². The number of carbonyl (C=O) groups excluding carboxylic acids is 1. The lowest BCUT2D eigenvalue weighted by Gasteiger charge is -2.14. The van der Waals surface area contributed by atoms with Gasteiger partial charge in [-0.3, -0.25) is 4.79 Å². The van der Waals surface area contributed by atoms with Crippen LogP contribution in [0.15, 0.2) is 78.9 Å². The lowest BCUT2D eigenvalue weighted by Crippen LogP contribution is -2.16. The molecule has 0 saturated heterocycles. The van der Waals surface area contributed by atoms with Gasteiger partial charge in [0.05, 0.1) is 22.6 Å². The van der Waals surface area contributed by atoms with E-state index in [-0.39, 0.29) is 17.7 Å². The highest BCUT2D eigenvalue weighted by Crippen LogP contribution is 2.28. The van der Waals surface area contributed by atoms with Gasteiger partial charge in [-0.25, -0.2) is 4.39 Å². The normalized spacial score (nSPS) is 10.5. The molecule has 1 heterocycles. The van der Waals surface area contributed by atoms with E-state index >= 15 is 0 Å². The van der Waals surface area contributed by atoms with Crippen LogP contribution in [-0.2, 0) is 0 Å². The van der Waals surface area contributed by atoms with E-state index in [1.165, 1.54) is 12.1 Å². The number of aromatic nitrogens is 2. The summed E-state index contributed by atoms with van der Waals surface area (Å²) in [5.74, 6) is 0.188. The molecule has 0 aliphatic heterocycles. The molecule has 160 valence electrons. The third-order valence-corrected chi connectivity index (χ3v) is 4.63. The van der Waals surface area contributed by atoms with Crippen molar-refractivity contribution in [3.05, 3.63) is 102 Å². The summed E-state index contributed by atoms with van der Waals surface area (Å²) >= 11 is 0. The molecule has 6 nitrogen and oxygen atoms in total. The van der Waals surface area contributed by atoms with Crippen molar-refractivity contribution >= 4 is 11.6 Å². The zero-order chi connectivity index (χ0) is 22.5. The number of nitrogens with zero attached hydrogens (tertiary/aromatic N) is 2. The molecule has 3 aromatic carbocycles. The molecule has 1 amide bonds. The molecule has 0 unspecified atom stereocenters. The molecule has 0 fully saturated rings. The van der Waals surface area contributed by atoms with Gasteiger partial charge in [0, 0.05) is 0 Å². The average molecular weight is 429 g/mol. The molecule has 4 aromatic rings. The molecule has 32 heavy (non-hydrogen) atoms. The second-order valence-electron chi connectivity index (χ2n) is 6.95. The Morgan fingerprint density at radius 1 is 0.781 bits per heavy atom. The minimum Gasteiger partial charge on any atom is -0.457 e. The molecule has 0 saturated carbocycles. The van der Waals surface area contributed by atoms with Gasteiger partial charge >= 0.3 is 6.01 Å². The highest BCUT2D eigenvalue weighted by molar-refractivity contribution is 6.06. The van der Waals surface area contributed by atoms with Crippen molar-refractivity contribution in [1.29, 1.82) is 0 Å². The van der Waals surface area contributed by atoms with E-state index < -0.39 is 5.82 Å². The van der Waals surface area contributed by atoms with Gasteiger partial charge in [0.15, 0.2) is 11.6 Å². The topological polar surface area (TPSA) is 73.3 Å². The van der Waals surface area contributed by atoms with Crippen LogP contribution in [0.4, 0.5) is 10.1 Å². The summed E-state index contributed by atoms with van der Waals surface area (Å²) in [6.45, 7) is 3.43. The maximum absolute atomic E-state index is 13.9. The van der Waals surface area contributed by atoms with Crippen LogP contribution >= 0.6 is 0 Å². The fourth-order valence-corrected chi connectivity index (χ4v) is 3.08. The second-order valence-corrected chi connectivity index (χ2v) is 6.95. The van der Waals surface area contributed by atoms with Crippen molar-refractivity contribution in [1.82, 2.24) is 9.97 Å². The third kappa shape index (κ3) is 4.73. The first kappa shape index (κ1) is 21.0. The van der Waals surface area contributed by atoms with Crippen molar-refractivity contribution in [2.45, 2.75) is 13.8 Å². The van der Waals surface area contributed by atoms with Crippen molar-refractivity contribution in [3.63, 3.8) is 0 Å². The van der Waals surface area contributed by atoms with Gasteiger partial charge < -0.3 is 14.8 Å². The van der Waals surface area contributed by atoms with E-state index in [0.29, 0.717) is 34.1 Å². The SMILES string of the molecule is Cc1nc(Oc2ccccc2F)nc(C)c1NC(=O)c1ccccc1Oc1ccccc1. The molecule has 0 atom stereocenters. The van der Waals surface area contributed by atoms with Gasteiger partial charge in [-0.1, -0.05) is 42.5 Å². The number of nitrogens with one attached hydrogen (secondary N) is 1. The molecule has 4 rings (SSSR count). The average Bonchev–Trinajstić information content (AvgIpc) is 2.79. The Morgan fingerprint density at radius 2 is 1.38 bits per heavy atom. The fraction of sp³-hybridized carbons (Fsp3) is 0.0800. The van der Waals surface area contributed by atoms with E-state index in [0.717, 1.165) is 0 Å². The number of ether oxygens (including phenoxy) is 2. The molecule has 0 aliphatic carbocycles. The summed E-state index contributed by atoms with van der Waals surface area (Å²) in [7, 11) is 0. The number of hydrogen-bond donors (Lipinski definition) is 1. The van der Waals surface area contributed by atoms with Gasteiger partial charge in [-0.2, -0.15) is 9.97 Å². The van der Waals surface area contributed by atoms with Gasteiger partial charge in [0.1, 0.15) is 11.5 Å². The standard InChI is InChI=1S/C25H20FN3O3/c1-16-23(17(2)28-25(27-16)32-22-15-9-7-13-20(22)26)29-24(30)19-12-6-8-14-21(19)31-18-10-4-3-5-11-18/h3-15H,1-2H3,(H,29,30). The molecule has 7 heteroatoms. The summed E-state index contributed by atoms with van der Waals surface area (Å²) in [4.78, 5) is 21.5. The lowest BCUT2D eigenvalue weighted by atomic mass is 10.1. The Labute approximate surface area is 184 Å². The first-order chi connectivity index (χ1) is 15.5. The van der Waals surface area contributed by atoms with Crippen LogP contribution in [0.2, 0.25) is 0 Å². The summed E-state index contributed by atoms with van der Waals surface area (Å²) in [5, 5.41) is 2.85. The number of halogens is 1. The Hall–Kier alpha value is -4.26. The molecule has 1 aromatic heterocycles. The van der Waals surface area contributed by atoms with Gasteiger partial charge in [0.2, 0.25) is 0 Å². The monoisotopic (exact) mass is 429 g/mol. The molecule has 0 aliphatic rings. The molecular weight excluding hydrogens is 409 g/mol. The van der Waals surface area contributed by atoms with E-state index in [2.05, 4.69) is 15.3 Å². The number of para-hydroxylation sites is 3. The van der Waals surface area contributed by atoms with Crippen LogP contribution < -0.4 is 14.8 Å². The second kappa shape index (κ2) is 9.26. The predicted octanol–water partition coefficient (Wildman–Crippen LogP) is 6.07. The number of benzene rings is 3. The summed E-state index contributed by atoms with van der Waals surface area (Å²) in [6.07, 6.45) is 0. The quantitative estimate of drug-likeness (QED) is 0.403. The Morgan fingerprint density at radius 3 is 2.06 bits per heavy atom. The zero-order valence-corrected chi connectivity index (χ0v) is 17.5. The van der Waals surface area contributed by atoms with Crippen LogP contribution in [0.3, 0.4) is 0 Å². The van der Waals surface area contributed by atoms with Crippen molar-refractivity contribution in [2.24, 2.45) is 0 Å². The largest absolute Gasteiger partial charge is 0.457 e. The summed E-state index contributed by atoms with van der Waals surface area (Å²) in [6, 6.07) is 22.2. The Balaban J connectivity index is 1.56. The van der Waals surface area contributed by atoms with Gasteiger partial charge in [-0.15, -0.1) is 0 Å². The number of carbonyl (C=O) groups is 1. The first-order valence-corrected chi connectivity index (χ1v) is 9.92. The fourth-order valence-electron chi connectivity index (χ4n) is 3.08. The highest BCUT2D eigenvalue weighted by atomic mass is 19.1. The maximum atomic E-state index is 13.9. The van der Waals surface area contributed by atoms with E-state index in [1.54, 1.807) is 50.2 Å². The van der Waals surface area contributed by atoms with E-state index in [4.69, 9.17) is 9.47 Å². The van der Waals surface area contributed by atoms with Gasteiger partial charge in [-0.05, 0) is 50.2 Å². The minimum atomic E-state index is -0.515. The van der Waals surface area contributed by atoms with Crippen molar-refractivity contribution in [2.75, 3.05) is 5.32 Å². The van der Waals surface area contributed by atoms with E-state index in [9.17, 15) is 9.18 Å². The zero-order valence-electron chi connectivity index (χ0n) is 17.5. The number of hydrogen-bond acceptors (Lipinski definition) is 5. The number of aryl methyl sites for hydroxylation is 2. The third-order valence-electron chi connectivity index (χ3n) is 4.63. The minimum absolute atomic E-state index is 0.00379. The summed E-state index contributed by atoms with van der Waals surface area (Å²) < 4.78 is 25.2. The van der Waals surface area contributed by atoms with Crippen LogP contribution in [0.25, 0.3) is 0 Å². The number of anilines is 1. The van der Waals surface area contributed by atoms with Crippen LogP contribution in [0, 0.1) is 19.7 Å². The van der Waals surface area contributed by atoms with E-state index in [1.807, 2.05) is 30.3 Å². The van der Waals surface area contributed by atoms with Crippen LogP contribution in [0.1, 0.15) is 21.7 Å². The van der Waals surface area contributed by atoms with Crippen LogP contribution in [0.5, 0.6) is 23.3 Å². The smallest absolute Gasteiger partial charge is 0.322 e. The maximum Gasteiger partial charge on any atom is 0.322 e. The molecule has 1 N–H and O–H groups in total. The molecular formula is C25H20FN3O3. The number of rotatable bonds is 6. The van der Waals surface area contributed by atoms with Crippen molar-refractivity contribution < 1.29 is 18.7 Å². The van der Waals surface area contributed by atoms with Gasteiger partial charge in [0.25, 0.3) is 5.91 Å². The summed E-state index contributed by atoms with van der Waals surface area (Å²) in [5.41, 5.74) is 1.78. The Bertz CT molecular complexity index is 1240. The predicted molar refractivity (Wildman–Crippen MR) is 119 cm³/mol. The number of amides is 1.